The van der Waals surface area contributed by atoms with Crippen molar-refractivity contribution in [2.75, 3.05) is 13.1 Å². The van der Waals surface area contributed by atoms with Crippen LogP contribution in [0.2, 0.25) is 0 Å². The minimum atomic E-state index is -0.174. The minimum Gasteiger partial charge on any atom is -0.348 e. The van der Waals surface area contributed by atoms with E-state index in [0.29, 0.717) is 30.1 Å². The Morgan fingerprint density at radius 2 is 1.79 bits per heavy atom. The molecule has 6 heteroatoms. The molecule has 0 aliphatic heterocycles. The number of nitrogens with zero attached hydrogens (tertiary/aromatic N) is 3. The molecule has 1 fully saturated rings. The number of amides is 2. The smallest absolute Gasteiger partial charge is 0.290 e. The van der Waals surface area contributed by atoms with Crippen molar-refractivity contribution in [2.45, 2.75) is 71.3 Å². The third kappa shape index (κ3) is 4.54. The predicted octanol–water partition coefficient (Wildman–Crippen LogP) is 4.05. The van der Waals surface area contributed by atoms with Gasteiger partial charge in [0.15, 0.2) is 5.69 Å². The quantitative estimate of drug-likeness (QED) is 0.733. The van der Waals surface area contributed by atoms with Gasteiger partial charge in [0.05, 0.1) is 5.52 Å². The average molecular weight is 385 g/mol. The molecule has 0 saturated heterocycles. The van der Waals surface area contributed by atoms with E-state index in [1.807, 2.05) is 29.3 Å². The Kier molecular flexibility index (Phi) is 7.06. The van der Waals surface area contributed by atoms with Gasteiger partial charge >= 0.3 is 0 Å². The molecular weight excluding hydrogens is 352 g/mol. The number of imidazole rings is 1. The number of carbonyl (C=O) groups excluding carboxylic acids is 2. The van der Waals surface area contributed by atoms with E-state index in [9.17, 15) is 9.59 Å². The normalized spacial score (nSPS) is 15.4. The van der Waals surface area contributed by atoms with Crippen molar-refractivity contribution >= 4 is 17.3 Å². The summed E-state index contributed by atoms with van der Waals surface area (Å²) in [5.74, 6) is 0.0362. The average Bonchev–Trinajstić information content (AvgIpc) is 2.90. The van der Waals surface area contributed by atoms with Crippen LogP contribution < -0.4 is 5.32 Å². The van der Waals surface area contributed by atoms with Gasteiger partial charge in [-0.15, -0.1) is 0 Å². The highest BCUT2D eigenvalue weighted by Crippen LogP contribution is 2.19. The fourth-order valence-corrected chi connectivity index (χ4v) is 4.03. The summed E-state index contributed by atoms with van der Waals surface area (Å²) in [6, 6.07) is 5.80. The van der Waals surface area contributed by atoms with E-state index in [-0.39, 0.29) is 17.9 Å². The Bertz CT molecular complexity index is 800. The van der Waals surface area contributed by atoms with E-state index in [1.165, 1.54) is 12.8 Å². The number of aromatic nitrogens is 2. The van der Waals surface area contributed by atoms with E-state index in [0.717, 1.165) is 38.5 Å². The lowest BCUT2D eigenvalue weighted by Gasteiger charge is -2.20. The Morgan fingerprint density at radius 1 is 1.11 bits per heavy atom. The van der Waals surface area contributed by atoms with Crippen LogP contribution in [0.5, 0.6) is 0 Å². The summed E-state index contributed by atoms with van der Waals surface area (Å²) in [7, 11) is 0. The van der Waals surface area contributed by atoms with Gasteiger partial charge < -0.3 is 10.2 Å². The zero-order chi connectivity index (χ0) is 19.9. The van der Waals surface area contributed by atoms with E-state index >= 15 is 0 Å². The maximum absolute atomic E-state index is 13.1. The molecule has 0 radical (unpaired) electrons. The molecule has 0 bridgehead atoms. The number of carbonyl (C=O) groups is 2. The van der Waals surface area contributed by atoms with Gasteiger partial charge in [0.2, 0.25) is 5.82 Å². The molecule has 1 aliphatic rings. The van der Waals surface area contributed by atoms with Crippen LogP contribution >= 0.6 is 0 Å². The number of hydrogen-bond acceptors (Lipinski definition) is 3. The van der Waals surface area contributed by atoms with Crippen LogP contribution in [-0.2, 0) is 0 Å². The Morgan fingerprint density at radius 3 is 2.43 bits per heavy atom. The van der Waals surface area contributed by atoms with Crippen LogP contribution in [0, 0.1) is 0 Å². The molecule has 2 aromatic heterocycles. The van der Waals surface area contributed by atoms with Crippen molar-refractivity contribution in [2.24, 2.45) is 0 Å². The summed E-state index contributed by atoms with van der Waals surface area (Å²) in [6.45, 7) is 5.51. The van der Waals surface area contributed by atoms with Gasteiger partial charge in [-0.3, -0.25) is 14.0 Å². The first-order valence-corrected chi connectivity index (χ1v) is 10.7. The number of pyridine rings is 1. The molecular formula is C22H32N4O2. The molecule has 3 rings (SSSR count). The predicted molar refractivity (Wildman–Crippen MR) is 111 cm³/mol. The SMILES string of the molecule is CCCN(CCC)C(=O)c1nc(C(=O)NC2CCCCCC2)c2ccccn12. The van der Waals surface area contributed by atoms with Crippen LogP contribution in [0.3, 0.4) is 0 Å². The lowest BCUT2D eigenvalue weighted by Crippen LogP contribution is -2.35. The summed E-state index contributed by atoms with van der Waals surface area (Å²) in [6.07, 6.45) is 10.4. The molecule has 1 N–H and O–H groups in total. The standard InChI is InChI=1S/C22H32N4O2/c1-3-14-25(15-4-2)22(28)20-24-19(18-13-9-10-16-26(18)20)21(27)23-17-11-7-5-6-8-12-17/h9-10,13,16-17H,3-8,11-12,14-15H2,1-2H3,(H,23,27). The molecule has 0 unspecified atom stereocenters. The highest BCUT2D eigenvalue weighted by molar-refractivity contribution is 6.02. The van der Waals surface area contributed by atoms with Gasteiger partial charge in [0.1, 0.15) is 0 Å². The lowest BCUT2D eigenvalue weighted by atomic mass is 10.1. The van der Waals surface area contributed by atoms with Crippen LogP contribution in [-0.4, -0.2) is 45.2 Å². The van der Waals surface area contributed by atoms with E-state index in [2.05, 4.69) is 24.1 Å². The van der Waals surface area contributed by atoms with E-state index in [1.54, 1.807) is 4.40 Å². The number of fused-ring (bicyclic) bond motifs is 1. The Labute approximate surface area is 167 Å². The molecule has 2 amide bonds. The van der Waals surface area contributed by atoms with Crippen molar-refractivity contribution in [1.82, 2.24) is 19.6 Å². The molecule has 2 heterocycles. The molecule has 0 spiro atoms. The second-order valence-corrected chi connectivity index (χ2v) is 7.69. The molecule has 1 saturated carbocycles. The topological polar surface area (TPSA) is 66.7 Å². The largest absolute Gasteiger partial charge is 0.348 e. The van der Waals surface area contributed by atoms with Gasteiger partial charge in [-0.2, -0.15) is 0 Å². The molecule has 6 nitrogen and oxygen atoms in total. The highest BCUT2D eigenvalue weighted by atomic mass is 16.2. The van der Waals surface area contributed by atoms with Crippen molar-refractivity contribution in [3.05, 3.63) is 35.9 Å². The fourth-order valence-electron chi connectivity index (χ4n) is 4.03. The summed E-state index contributed by atoms with van der Waals surface area (Å²) in [5.41, 5.74) is 1.03. The first kappa shape index (κ1) is 20.4. The van der Waals surface area contributed by atoms with Gasteiger partial charge in [-0.1, -0.05) is 45.6 Å². The molecule has 0 atom stereocenters. The van der Waals surface area contributed by atoms with Crippen LogP contribution in [0.4, 0.5) is 0 Å². The van der Waals surface area contributed by atoms with Crippen LogP contribution in [0.1, 0.15) is 86.3 Å². The third-order valence-corrected chi connectivity index (χ3v) is 5.42. The van der Waals surface area contributed by atoms with Gasteiger partial charge in [0, 0.05) is 25.3 Å². The molecule has 28 heavy (non-hydrogen) atoms. The monoisotopic (exact) mass is 384 g/mol. The van der Waals surface area contributed by atoms with E-state index in [4.69, 9.17) is 0 Å². The molecule has 2 aromatic rings. The van der Waals surface area contributed by atoms with Crippen LogP contribution in [0.25, 0.3) is 5.52 Å². The number of rotatable bonds is 7. The summed E-state index contributed by atoms with van der Waals surface area (Å²) < 4.78 is 1.75. The minimum absolute atomic E-state index is 0.113. The maximum Gasteiger partial charge on any atom is 0.290 e. The number of hydrogen-bond donors (Lipinski definition) is 1. The summed E-state index contributed by atoms with van der Waals surface area (Å²) in [5, 5.41) is 3.16. The second-order valence-electron chi connectivity index (χ2n) is 7.69. The van der Waals surface area contributed by atoms with Crippen molar-refractivity contribution < 1.29 is 9.59 Å². The first-order valence-electron chi connectivity index (χ1n) is 10.7. The first-order chi connectivity index (χ1) is 13.7. The zero-order valence-corrected chi connectivity index (χ0v) is 17.1. The van der Waals surface area contributed by atoms with Crippen molar-refractivity contribution in [3.8, 4) is 0 Å². The maximum atomic E-state index is 13.1. The molecule has 0 aromatic carbocycles. The van der Waals surface area contributed by atoms with Gasteiger partial charge in [-0.05, 0) is 37.8 Å². The molecule has 1 aliphatic carbocycles. The number of nitrogens with one attached hydrogen (secondary N) is 1. The second kappa shape index (κ2) is 9.71. The fraction of sp³-hybridized carbons (Fsp3) is 0.591. The van der Waals surface area contributed by atoms with Crippen LogP contribution in [0.15, 0.2) is 24.4 Å². The molecule has 152 valence electrons. The highest BCUT2D eigenvalue weighted by Gasteiger charge is 2.25. The Hall–Kier alpha value is -2.37. The summed E-state index contributed by atoms with van der Waals surface area (Å²) >= 11 is 0. The van der Waals surface area contributed by atoms with Gasteiger partial charge in [0.25, 0.3) is 11.8 Å². The van der Waals surface area contributed by atoms with Gasteiger partial charge in [-0.25, -0.2) is 4.98 Å². The third-order valence-electron chi connectivity index (χ3n) is 5.42. The van der Waals surface area contributed by atoms with E-state index < -0.39 is 0 Å². The zero-order valence-electron chi connectivity index (χ0n) is 17.1. The van der Waals surface area contributed by atoms with Crippen molar-refractivity contribution in [1.29, 1.82) is 0 Å². The Balaban J connectivity index is 1.89. The van der Waals surface area contributed by atoms with Crippen molar-refractivity contribution in [3.63, 3.8) is 0 Å². The lowest BCUT2D eigenvalue weighted by molar-refractivity contribution is 0.0742. The summed E-state index contributed by atoms with van der Waals surface area (Å²) in [4.78, 5) is 32.5.